The van der Waals surface area contributed by atoms with Gasteiger partial charge in [0.15, 0.2) is 5.82 Å². The van der Waals surface area contributed by atoms with Crippen LogP contribution in [0.15, 0.2) is 6.07 Å². The van der Waals surface area contributed by atoms with Gasteiger partial charge in [-0.2, -0.15) is 5.10 Å². The lowest BCUT2D eigenvalue weighted by molar-refractivity contribution is 0.0635. The van der Waals surface area contributed by atoms with Crippen LogP contribution in [0.5, 0.6) is 0 Å². The number of aryl methyl sites for hydroxylation is 1. The lowest BCUT2D eigenvalue weighted by Crippen LogP contribution is -2.27. The number of aromatic nitrogens is 2. The van der Waals surface area contributed by atoms with Crippen molar-refractivity contribution in [1.82, 2.24) is 9.78 Å². The fourth-order valence-electron chi connectivity index (χ4n) is 1.15. The quantitative estimate of drug-likeness (QED) is 0.806. The van der Waals surface area contributed by atoms with E-state index in [0.29, 0.717) is 18.2 Å². The maximum Gasteiger partial charge on any atom is 0.413 e. The van der Waals surface area contributed by atoms with Gasteiger partial charge in [-0.15, -0.1) is 0 Å². The van der Waals surface area contributed by atoms with Crippen LogP contribution in [-0.2, 0) is 11.3 Å². The number of nitrogens with two attached hydrogens (primary N) is 1. The third-order valence-electron chi connectivity index (χ3n) is 1.74. The van der Waals surface area contributed by atoms with E-state index >= 15 is 0 Å². The van der Waals surface area contributed by atoms with Crippen LogP contribution in [0.2, 0.25) is 0 Å². The Morgan fingerprint density at radius 3 is 2.69 bits per heavy atom. The van der Waals surface area contributed by atoms with Gasteiger partial charge in [0.1, 0.15) is 11.4 Å². The van der Waals surface area contributed by atoms with Crippen molar-refractivity contribution < 1.29 is 9.53 Å². The Kier molecular flexibility index (Phi) is 3.41. The number of nitrogens with zero attached hydrogens (tertiary/aromatic N) is 2. The zero-order chi connectivity index (χ0) is 12.3. The van der Waals surface area contributed by atoms with Crippen LogP contribution in [0.25, 0.3) is 0 Å². The standard InChI is InChI=1S/C10H18N4O2/c1-5-14-7(11)6-8(13-14)12-9(15)16-10(2,3)4/h6H,5,11H2,1-4H3,(H,12,13,15). The summed E-state index contributed by atoms with van der Waals surface area (Å²) < 4.78 is 6.67. The molecule has 3 N–H and O–H groups in total. The van der Waals surface area contributed by atoms with Crippen molar-refractivity contribution in [3.8, 4) is 0 Å². The molecule has 16 heavy (non-hydrogen) atoms. The van der Waals surface area contributed by atoms with Crippen LogP contribution in [0.1, 0.15) is 27.7 Å². The number of ether oxygens (including phenoxy) is 1. The van der Waals surface area contributed by atoms with Crippen molar-refractivity contribution in [3.63, 3.8) is 0 Å². The van der Waals surface area contributed by atoms with Crippen LogP contribution in [-0.4, -0.2) is 21.5 Å². The van der Waals surface area contributed by atoms with Crippen LogP contribution in [0.3, 0.4) is 0 Å². The van der Waals surface area contributed by atoms with E-state index in [1.807, 2.05) is 6.92 Å². The van der Waals surface area contributed by atoms with Gasteiger partial charge < -0.3 is 10.5 Å². The second kappa shape index (κ2) is 4.42. The summed E-state index contributed by atoms with van der Waals surface area (Å²) in [5, 5.41) is 6.60. The predicted molar refractivity (Wildman–Crippen MR) is 62.2 cm³/mol. The average molecular weight is 226 g/mol. The number of carbonyl (C=O) groups is 1. The highest BCUT2D eigenvalue weighted by atomic mass is 16.6. The van der Waals surface area contributed by atoms with Crippen LogP contribution >= 0.6 is 0 Å². The summed E-state index contributed by atoms with van der Waals surface area (Å²) in [5.41, 5.74) is 5.14. The van der Waals surface area contributed by atoms with E-state index < -0.39 is 11.7 Å². The fraction of sp³-hybridized carbons (Fsp3) is 0.600. The normalized spacial score (nSPS) is 11.2. The highest BCUT2D eigenvalue weighted by Crippen LogP contribution is 2.13. The molecule has 0 aliphatic heterocycles. The molecule has 6 heteroatoms. The fourth-order valence-corrected chi connectivity index (χ4v) is 1.15. The summed E-state index contributed by atoms with van der Waals surface area (Å²) in [4.78, 5) is 11.4. The van der Waals surface area contributed by atoms with Gasteiger partial charge in [0.05, 0.1) is 0 Å². The molecule has 0 bridgehead atoms. The molecule has 1 aromatic rings. The summed E-state index contributed by atoms with van der Waals surface area (Å²) in [6, 6.07) is 1.59. The number of hydrogen-bond acceptors (Lipinski definition) is 4. The van der Waals surface area contributed by atoms with Crippen molar-refractivity contribution in [2.45, 2.75) is 39.8 Å². The molecule has 1 amide bonds. The van der Waals surface area contributed by atoms with Crippen molar-refractivity contribution in [2.24, 2.45) is 0 Å². The molecular formula is C10H18N4O2. The Morgan fingerprint density at radius 1 is 1.62 bits per heavy atom. The lowest BCUT2D eigenvalue weighted by atomic mass is 10.2. The molecule has 0 fully saturated rings. The van der Waals surface area contributed by atoms with Gasteiger partial charge in [0.2, 0.25) is 0 Å². The molecule has 0 saturated carbocycles. The number of anilines is 2. The highest BCUT2D eigenvalue weighted by molar-refractivity contribution is 5.84. The molecule has 0 atom stereocenters. The molecule has 0 aliphatic carbocycles. The number of nitrogen functional groups attached to an aromatic ring is 1. The smallest absolute Gasteiger partial charge is 0.413 e. The minimum absolute atomic E-state index is 0.397. The summed E-state index contributed by atoms with van der Waals surface area (Å²) in [5.74, 6) is 0.905. The predicted octanol–water partition coefficient (Wildman–Crippen LogP) is 1.83. The maximum atomic E-state index is 11.4. The highest BCUT2D eigenvalue weighted by Gasteiger charge is 2.17. The van der Waals surface area contributed by atoms with E-state index in [1.165, 1.54) is 0 Å². The van der Waals surface area contributed by atoms with Crippen molar-refractivity contribution in [3.05, 3.63) is 6.07 Å². The Bertz CT molecular complexity index is 379. The summed E-state index contributed by atoms with van der Waals surface area (Å²) in [7, 11) is 0. The molecule has 6 nitrogen and oxygen atoms in total. The number of nitrogens with one attached hydrogen (secondary N) is 1. The van der Waals surface area contributed by atoms with Gasteiger partial charge in [-0.25, -0.2) is 9.48 Å². The molecule has 0 aliphatic rings. The van der Waals surface area contributed by atoms with E-state index in [0.717, 1.165) is 0 Å². The Hall–Kier alpha value is -1.72. The topological polar surface area (TPSA) is 82.2 Å². The van der Waals surface area contributed by atoms with E-state index in [1.54, 1.807) is 31.5 Å². The van der Waals surface area contributed by atoms with Gasteiger partial charge in [-0.05, 0) is 27.7 Å². The molecule has 0 radical (unpaired) electrons. The van der Waals surface area contributed by atoms with E-state index in [-0.39, 0.29) is 0 Å². The molecule has 1 aromatic heterocycles. The summed E-state index contributed by atoms with van der Waals surface area (Å²) in [6.45, 7) is 7.96. The van der Waals surface area contributed by atoms with Gasteiger partial charge in [-0.1, -0.05) is 0 Å². The van der Waals surface area contributed by atoms with E-state index in [4.69, 9.17) is 10.5 Å². The monoisotopic (exact) mass is 226 g/mol. The first-order chi connectivity index (χ1) is 7.31. The third kappa shape index (κ3) is 3.45. The summed E-state index contributed by atoms with van der Waals surface area (Å²) >= 11 is 0. The first-order valence-electron chi connectivity index (χ1n) is 5.15. The molecular weight excluding hydrogens is 208 g/mol. The Balaban J connectivity index is 2.63. The first kappa shape index (κ1) is 12.4. The van der Waals surface area contributed by atoms with Gasteiger partial charge >= 0.3 is 6.09 Å². The molecule has 0 spiro atoms. The second-order valence-electron chi connectivity index (χ2n) is 4.40. The molecule has 0 unspecified atom stereocenters. The molecule has 0 aromatic carbocycles. The molecule has 1 rings (SSSR count). The molecule has 1 heterocycles. The number of hydrogen-bond donors (Lipinski definition) is 2. The first-order valence-corrected chi connectivity index (χ1v) is 5.15. The number of rotatable bonds is 2. The van der Waals surface area contributed by atoms with Crippen molar-refractivity contribution in [1.29, 1.82) is 0 Å². The average Bonchev–Trinajstić information content (AvgIpc) is 2.42. The van der Waals surface area contributed by atoms with Crippen LogP contribution < -0.4 is 11.1 Å². The zero-order valence-electron chi connectivity index (χ0n) is 10.1. The van der Waals surface area contributed by atoms with E-state index in [9.17, 15) is 4.79 Å². The Morgan fingerprint density at radius 2 is 2.25 bits per heavy atom. The zero-order valence-corrected chi connectivity index (χ0v) is 10.1. The molecule has 90 valence electrons. The van der Waals surface area contributed by atoms with Gasteiger partial charge in [-0.3, -0.25) is 5.32 Å². The van der Waals surface area contributed by atoms with Gasteiger partial charge in [0.25, 0.3) is 0 Å². The Labute approximate surface area is 94.8 Å². The second-order valence-corrected chi connectivity index (χ2v) is 4.40. The number of amides is 1. The van der Waals surface area contributed by atoms with Gasteiger partial charge in [0, 0.05) is 12.6 Å². The minimum atomic E-state index is -0.534. The van der Waals surface area contributed by atoms with Crippen molar-refractivity contribution >= 4 is 17.7 Å². The third-order valence-corrected chi connectivity index (χ3v) is 1.74. The SMILES string of the molecule is CCn1nc(NC(=O)OC(C)(C)C)cc1N. The van der Waals surface area contributed by atoms with Crippen molar-refractivity contribution in [2.75, 3.05) is 11.1 Å². The maximum absolute atomic E-state index is 11.4. The van der Waals surface area contributed by atoms with Crippen LogP contribution in [0, 0.1) is 0 Å². The molecule has 0 saturated heterocycles. The lowest BCUT2D eigenvalue weighted by Gasteiger charge is -2.18. The van der Waals surface area contributed by atoms with E-state index in [2.05, 4.69) is 10.4 Å². The van der Waals surface area contributed by atoms with Crippen LogP contribution in [0.4, 0.5) is 16.4 Å². The minimum Gasteiger partial charge on any atom is -0.444 e. The number of carbonyl (C=O) groups excluding carboxylic acids is 1. The summed E-state index contributed by atoms with van der Waals surface area (Å²) in [6.07, 6.45) is -0.534. The largest absolute Gasteiger partial charge is 0.444 e.